The molecule has 0 bridgehead atoms. The molecule has 0 fully saturated rings. The molecule has 0 atom stereocenters. The normalized spacial score (nSPS) is 13.5. The smallest absolute Gasteiger partial charge is 0.411 e. The summed E-state index contributed by atoms with van der Waals surface area (Å²) in [5, 5.41) is 8.88. The first-order chi connectivity index (χ1) is 17.8. The molecular formula is C28H38N4O5. The first-order valence-corrected chi connectivity index (χ1v) is 12.8. The summed E-state index contributed by atoms with van der Waals surface area (Å²) >= 11 is 0. The molecule has 1 heterocycles. The largest absolute Gasteiger partial charge is 0.493 e. The van der Waals surface area contributed by atoms with E-state index in [1.54, 1.807) is 19.2 Å². The van der Waals surface area contributed by atoms with Crippen molar-refractivity contribution in [3.05, 3.63) is 53.6 Å². The van der Waals surface area contributed by atoms with Gasteiger partial charge in [0.2, 0.25) is 5.91 Å². The number of hydrogen-bond donors (Lipinski definition) is 1. The Labute approximate surface area is 219 Å². The molecule has 9 nitrogen and oxygen atoms in total. The molecule has 0 saturated heterocycles. The van der Waals surface area contributed by atoms with Crippen LogP contribution in [0.1, 0.15) is 51.7 Å². The molecule has 0 aliphatic carbocycles. The van der Waals surface area contributed by atoms with Crippen LogP contribution in [0.25, 0.3) is 0 Å². The predicted octanol–water partition coefficient (Wildman–Crippen LogP) is 4.90. The summed E-state index contributed by atoms with van der Waals surface area (Å²) in [5.41, 5.74) is 3.24. The van der Waals surface area contributed by atoms with Gasteiger partial charge in [0.05, 0.1) is 25.5 Å². The van der Waals surface area contributed by atoms with E-state index in [-0.39, 0.29) is 12.0 Å². The number of carbonyl (C=O) groups excluding carboxylic acids is 2. The van der Waals surface area contributed by atoms with Crippen molar-refractivity contribution in [2.75, 3.05) is 38.7 Å². The van der Waals surface area contributed by atoms with Gasteiger partial charge < -0.3 is 19.1 Å². The summed E-state index contributed by atoms with van der Waals surface area (Å²) in [4.78, 5) is 26.8. The summed E-state index contributed by atoms with van der Waals surface area (Å²) in [5.74, 6) is 1.27. The third-order valence-corrected chi connectivity index (χ3v) is 6.03. The monoisotopic (exact) mass is 510 g/mol. The number of rotatable bonds is 12. The Balaban J connectivity index is 1.62. The van der Waals surface area contributed by atoms with Gasteiger partial charge in [0, 0.05) is 30.6 Å². The number of anilines is 1. The predicted molar refractivity (Wildman–Crippen MR) is 144 cm³/mol. The van der Waals surface area contributed by atoms with Crippen LogP contribution in [-0.2, 0) is 16.1 Å². The van der Waals surface area contributed by atoms with E-state index in [0.29, 0.717) is 49.7 Å². The number of amides is 2. The van der Waals surface area contributed by atoms with E-state index < -0.39 is 6.09 Å². The molecule has 2 amide bonds. The molecule has 3 rings (SSSR count). The molecule has 1 aliphatic heterocycles. The van der Waals surface area contributed by atoms with Gasteiger partial charge in [-0.25, -0.2) is 9.80 Å². The molecular weight excluding hydrogens is 472 g/mol. The fraction of sp³-hybridized carbons (Fsp3) is 0.464. The number of carbonyl (C=O) groups is 2. The van der Waals surface area contributed by atoms with E-state index in [2.05, 4.69) is 29.2 Å². The zero-order valence-electron chi connectivity index (χ0n) is 22.5. The number of likely N-dealkylation sites (N-methyl/N-ethyl adjacent to an activating group) is 1. The highest BCUT2D eigenvalue weighted by atomic mass is 16.5. The second-order valence-corrected chi connectivity index (χ2v) is 9.02. The van der Waals surface area contributed by atoms with E-state index in [1.807, 2.05) is 44.2 Å². The Morgan fingerprint density at radius 3 is 2.46 bits per heavy atom. The molecule has 200 valence electrons. The Morgan fingerprint density at radius 2 is 1.81 bits per heavy atom. The van der Waals surface area contributed by atoms with Gasteiger partial charge in [0.15, 0.2) is 11.5 Å². The molecule has 1 aliphatic rings. The summed E-state index contributed by atoms with van der Waals surface area (Å²) < 4.78 is 16.6. The van der Waals surface area contributed by atoms with Gasteiger partial charge in [0.1, 0.15) is 6.61 Å². The topological polar surface area (TPSA) is 92.7 Å². The highest BCUT2D eigenvalue weighted by Gasteiger charge is 2.22. The van der Waals surface area contributed by atoms with Gasteiger partial charge in [-0.1, -0.05) is 26.0 Å². The first kappa shape index (κ1) is 28.0. The lowest BCUT2D eigenvalue weighted by Gasteiger charge is -2.24. The number of nitrogens with zero attached hydrogens (tertiary/aromatic N) is 3. The maximum absolute atomic E-state index is 12.6. The maximum atomic E-state index is 12.6. The average Bonchev–Trinajstić information content (AvgIpc) is 2.88. The fourth-order valence-corrected chi connectivity index (χ4v) is 3.96. The molecule has 1 N–H and O–H groups in total. The van der Waals surface area contributed by atoms with Gasteiger partial charge in [-0.3, -0.25) is 10.1 Å². The van der Waals surface area contributed by atoms with Crippen LogP contribution >= 0.6 is 0 Å². The van der Waals surface area contributed by atoms with Gasteiger partial charge in [-0.15, -0.1) is 0 Å². The van der Waals surface area contributed by atoms with Crippen LogP contribution in [-0.4, -0.2) is 67.1 Å². The lowest BCUT2D eigenvalue weighted by Crippen LogP contribution is -2.31. The minimum Gasteiger partial charge on any atom is -0.493 e. The zero-order valence-corrected chi connectivity index (χ0v) is 22.5. The summed E-state index contributed by atoms with van der Waals surface area (Å²) in [6, 6.07) is 13.0. The van der Waals surface area contributed by atoms with Crippen molar-refractivity contribution in [2.24, 2.45) is 5.10 Å². The van der Waals surface area contributed by atoms with Gasteiger partial charge >= 0.3 is 6.09 Å². The third kappa shape index (κ3) is 8.21. The molecule has 37 heavy (non-hydrogen) atoms. The minimum absolute atomic E-state index is 0.00215. The van der Waals surface area contributed by atoms with Crippen molar-refractivity contribution in [1.82, 2.24) is 9.91 Å². The molecule has 0 radical (unpaired) electrons. The van der Waals surface area contributed by atoms with E-state index in [9.17, 15) is 9.59 Å². The molecule has 0 aromatic heterocycles. The molecule has 2 aromatic rings. The summed E-state index contributed by atoms with van der Waals surface area (Å²) in [6.45, 7) is 11.3. The van der Waals surface area contributed by atoms with Gasteiger partial charge in [-0.2, -0.15) is 5.10 Å². The number of benzene rings is 2. The molecule has 0 unspecified atom stereocenters. The van der Waals surface area contributed by atoms with Crippen LogP contribution in [0, 0.1) is 0 Å². The fourth-order valence-electron chi connectivity index (χ4n) is 3.96. The summed E-state index contributed by atoms with van der Waals surface area (Å²) in [7, 11) is 1.61. The van der Waals surface area contributed by atoms with Gasteiger partial charge in [0.25, 0.3) is 0 Å². The quantitative estimate of drug-likeness (QED) is 0.437. The van der Waals surface area contributed by atoms with Crippen molar-refractivity contribution in [3.63, 3.8) is 0 Å². The second kappa shape index (κ2) is 13.6. The SMILES string of the molecule is CCN(CC)CCOC(=O)Nc1ccc(CN2N=C(c3ccc(OC)c(OC(C)C)c3)CCC2=O)cc1. The Hall–Kier alpha value is -3.59. The van der Waals surface area contributed by atoms with Crippen LogP contribution < -0.4 is 14.8 Å². The van der Waals surface area contributed by atoms with Crippen molar-refractivity contribution in [3.8, 4) is 11.5 Å². The van der Waals surface area contributed by atoms with Crippen molar-refractivity contribution >= 4 is 23.4 Å². The Morgan fingerprint density at radius 1 is 1.08 bits per heavy atom. The van der Waals surface area contributed by atoms with Crippen molar-refractivity contribution in [2.45, 2.75) is 53.2 Å². The third-order valence-electron chi connectivity index (χ3n) is 6.03. The zero-order chi connectivity index (χ0) is 26.8. The van der Waals surface area contributed by atoms with Crippen LogP contribution in [0.5, 0.6) is 11.5 Å². The molecule has 0 saturated carbocycles. The van der Waals surface area contributed by atoms with Gasteiger partial charge in [-0.05, 0) is 62.8 Å². The second-order valence-electron chi connectivity index (χ2n) is 9.02. The van der Waals surface area contributed by atoms with Crippen LogP contribution in [0.2, 0.25) is 0 Å². The van der Waals surface area contributed by atoms with E-state index in [1.165, 1.54) is 5.01 Å². The molecule has 9 heteroatoms. The van der Waals surface area contributed by atoms with E-state index in [4.69, 9.17) is 14.2 Å². The number of ether oxygens (including phenoxy) is 3. The van der Waals surface area contributed by atoms with E-state index in [0.717, 1.165) is 29.9 Å². The number of methoxy groups -OCH3 is 1. The Kier molecular flexibility index (Phi) is 10.3. The minimum atomic E-state index is -0.485. The molecule has 0 spiro atoms. The molecule has 2 aromatic carbocycles. The maximum Gasteiger partial charge on any atom is 0.411 e. The number of nitrogens with one attached hydrogen (secondary N) is 1. The van der Waals surface area contributed by atoms with Crippen molar-refractivity contribution < 1.29 is 23.8 Å². The number of hydrogen-bond acceptors (Lipinski definition) is 7. The van der Waals surface area contributed by atoms with Crippen LogP contribution in [0.4, 0.5) is 10.5 Å². The van der Waals surface area contributed by atoms with E-state index >= 15 is 0 Å². The standard InChI is InChI=1S/C28H38N4O5/c1-6-31(7-2)16-17-36-28(34)29-23-11-8-21(9-12-23)19-32-27(33)15-13-24(30-32)22-10-14-25(35-5)26(18-22)37-20(3)4/h8-12,14,18,20H,6-7,13,15-17,19H2,1-5H3,(H,29,34). The highest BCUT2D eigenvalue weighted by molar-refractivity contribution is 6.04. The Bertz CT molecular complexity index is 1080. The van der Waals surface area contributed by atoms with Crippen LogP contribution in [0.15, 0.2) is 47.6 Å². The number of hydrazone groups is 1. The summed E-state index contributed by atoms with van der Waals surface area (Å²) in [6.07, 6.45) is 0.453. The lowest BCUT2D eigenvalue weighted by molar-refractivity contribution is -0.132. The average molecular weight is 511 g/mol. The van der Waals surface area contributed by atoms with Crippen molar-refractivity contribution in [1.29, 1.82) is 0 Å². The first-order valence-electron chi connectivity index (χ1n) is 12.8. The van der Waals surface area contributed by atoms with Crippen LogP contribution in [0.3, 0.4) is 0 Å². The lowest BCUT2D eigenvalue weighted by atomic mass is 10.0. The highest BCUT2D eigenvalue weighted by Crippen LogP contribution is 2.30.